The smallest absolute Gasteiger partial charge is 0.234 e. The molecule has 0 saturated heterocycles. The highest BCUT2D eigenvalue weighted by atomic mass is 35.5. The number of hydrogen-bond donors (Lipinski definition) is 2. The second-order valence-corrected chi connectivity index (χ2v) is 6.03. The summed E-state index contributed by atoms with van der Waals surface area (Å²) in [5, 5.41) is 6.11. The van der Waals surface area contributed by atoms with Crippen LogP contribution >= 0.6 is 24.8 Å². The highest BCUT2D eigenvalue weighted by molar-refractivity contribution is 5.85. The zero-order chi connectivity index (χ0) is 16.2. The summed E-state index contributed by atoms with van der Waals surface area (Å²) < 4.78 is 15.4. The van der Waals surface area contributed by atoms with Crippen molar-refractivity contribution in [3.05, 3.63) is 53.9 Å². The summed E-state index contributed by atoms with van der Waals surface area (Å²) in [5.74, 6) is 0.938. The van der Waals surface area contributed by atoms with Crippen LogP contribution in [0.15, 0.2) is 36.7 Å². The van der Waals surface area contributed by atoms with E-state index in [1.165, 1.54) is 25.0 Å². The van der Waals surface area contributed by atoms with Gasteiger partial charge in [-0.05, 0) is 43.0 Å². The van der Waals surface area contributed by atoms with E-state index in [1.54, 1.807) is 24.5 Å². The Morgan fingerprint density at radius 1 is 1.40 bits per heavy atom. The normalized spacial score (nSPS) is 14.2. The fourth-order valence-electron chi connectivity index (χ4n) is 2.56. The maximum Gasteiger partial charge on any atom is 0.234 e. The highest BCUT2D eigenvalue weighted by Crippen LogP contribution is 2.27. The summed E-state index contributed by atoms with van der Waals surface area (Å²) in [5.41, 5.74) is 0.676. The third-order valence-corrected chi connectivity index (χ3v) is 4.02. The minimum atomic E-state index is -0.471. The van der Waals surface area contributed by atoms with E-state index in [4.69, 9.17) is 0 Å². The summed E-state index contributed by atoms with van der Waals surface area (Å²) >= 11 is 0. The number of carbonyl (C=O) groups is 1. The number of aryl methyl sites for hydroxylation is 1. The number of nitrogens with one attached hydrogen (secondary N) is 2. The summed E-state index contributed by atoms with van der Waals surface area (Å²) in [6.07, 6.45) is 5.96. The van der Waals surface area contributed by atoms with E-state index in [9.17, 15) is 9.18 Å². The molecule has 1 aromatic heterocycles. The zero-order valence-electron chi connectivity index (χ0n) is 13.9. The largest absolute Gasteiger partial charge is 0.341 e. The molecular weight excluding hydrogens is 366 g/mol. The predicted molar refractivity (Wildman–Crippen MR) is 99.7 cm³/mol. The first-order valence-electron chi connectivity index (χ1n) is 7.86. The first-order valence-corrected chi connectivity index (χ1v) is 7.86. The lowest BCUT2D eigenvalue weighted by atomic mass is 10.1. The van der Waals surface area contributed by atoms with Crippen molar-refractivity contribution in [3.8, 4) is 0 Å². The van der Waals surface area contributed by atoms with Gasteiger partial charge in [-0.25, -0.2) is 9.37 Å². The average molecular weight is 389 g/mol. The Balaban J connectivity index is 0.00000156. The molecule has 138 valence electrons. The number of halogens is 3. The average Bonchev–Trinajstić information content (AvgIpc) is 3.25. The van der Waals surface area contributed by atoms with E-state index in [0.717, 1.165) is 12.5 Å². The predicted octanol–water partition coefficient (Wildman–Crippen LogP) is 2.61. The van der Waals surface area contributed by atoms with Crippen LogP contribution < -0.4 is 10.6 Å². The molecule has 25 heavy (non-hydrogen) atoms. The van der Waals surface area contributed by atoms with Crippen LogP contribution in [0, 0.1) is 11.7 Å². The lowest BCUT2D eigenvalue weighted by molar-refractivity contribution is -0.120. The van der Waals surface area contributed by atoms with Crippen molar-refractivity contribution in [2.75, 3.05) is 13.1 Å². The molecule has 0 aliphatic heterocycles. The van der Waals surface area contributed by atoms with Crippen molar-refractivity contribution in [2.45, 2.75) is 18.9 Å². The van der Waals surface area contributed by atoms with Crippen LogP contribution in [0.3, 0.4) is 0 Å². The molecule has 5 nitrogen and oxygen atoms in total. The van der Waals surface area contributed by atoms with Crippen LogP contribution in [0.1, 0.15) is 30.3 Å². The molecule has 2 N–H and O–H groups in total. The van der Waals surface area contributed by atoms with E-state index >= 15 is 0 Å². The van der Waals surface area contributed by atoms with E-state index in [0.29, 0.717) is 11.4 Å². The Morgan fingerprint density at radius 3 is 2.76 bits per heavy atom. The van der Waals surface area contributed by atoms with E-state index in [-0.39, 0.29) is 43.1 Å². The second kappa shape index (κ2) is 9.75. The fourth-order valence-corrected chi connectivity index (χ4v) is 2.56. The standard InChI is InChI=1S/C17H21FN4O.2ClH/c1-22-8-7-20-17(22)16(13-3-2-4-14(18)9-13)21-15(23)11-19-10-12-5-6-12;;/h2-4,7-9,12,16,19H,5-6,10-11H2,1H3,(H,21,23);2*1H. The molecule has 2 aromatic rings. The summed E-state index contributed by atoms with van der Waals surface area (Å²) in [4.78, 5) is 16.5. The number of carbonyl (C=O) groups excluding carboxylic acids is 1. The van der Waals surface area contributed by atoms with Gasteiger partial charge in [0, 0.05) is 19.4 Å². The Morgan fingerprint density at radius 2 is 2.16 bits per heavy atom. The SMILES string of the molecule is Cl.Cl.Cn1ccnc1C(NC(=O)CNCC1CC1)c1cccc(F)c1. The lowest BCUT2D eigenvalue weighted by Gasteiger charge is -2.19. The Bertz CT molecular complexity index is 691. The van der Waals surface area contributed by atoms with Gasteiger partial charge in [0.2, 0.25) is 5.91 Å². The van der Waals surface area contributed by atoms with Crippen molar-refractivity contribution in [1.82, 2.24) is 20.2 Å². The molecule has 0 radical (unpaired) electrons. The number of benzene rings is 1. The molecule has 1 amide bonds. The molecule has 1 saturated carbocycles. The maximum atomic E-state index is 13.6. The van der Waals surface area contributed by atoms with Crippen LogP contribution in [-0.2, 0) is 11.8 Å². The molecule has 0 bridgehead atoms. The zero-order valence-corrected chi connectivity index (χ0v) is 15.6. The van der Waals surface area contributed by atoms with Crippen molar-refractivity contribution in [3.63, 3.8) is 0 Å². The van der Waals surface area contributed by atoms with E-state index in [2.05, 4.69) is 15.6 Å². The van der Waals surface area contributed by atoms with Crippen LogP contribution in [0.2, 0.25) is 0 Å². The highest BCUT2D eigenvalue weighted by Gasteiger charge is 2.23. The maximum absolute atomic E-state index is 13.6. The molecule has 1 aromatic carbocycles. The fraction of sp³-hybridized carbons (Fsp3) is 0.412. The van der Waals surface area contributed by atoms with Crippen molar-refractivity contribution >= 4 is 30.7 Å². The molecular formula is C17H23Cl2FN4O. The van der Waals surface area contributed by atoms with Gasteiger partial charge >= 0.3 is 0 Å². The third kappa shape index (κ3) is 5.99. The lowest BCUT2D eigenvalue weighted by Crippen LogP contribution is -2.38. The van der Waals surface area contributed by atoms with Gasteiger partial charge in [-0.2, -0.15) is 0 Å². The molecule has 1 heterocycles. The van der Waals surface area contributed by atoms with Crippen LogP contribution in [0.25, 0.3) is 0 Å². The number of aromatic nitrogens is 2. The molecule has 8 heteroatoms. The number of amides is 1. The molecule has 1 unspecified atom stereocenters. The minimum Gasteiger partial charge on any atom is -0.341 e. The quantitative estimate of drug-likeness (QED) is 0.766. The molecule has 1 aliphatic carbocycles. The molecule has 1 fully saturated rings. The van der Waals surface area contributed by atoms with E-state index < -0.39 is 6.04 Å². The summed E-state index contributed by atoms with van der Waals surface area (Å²) in [6, 6.07) is 5.77. The third-order valence-electron chi connectivity index (χ3n) is 4.02. The van der Waals surface area contributed by atoms with Gasteiger partial charge in [-0.1, -0.05) is 12.1 Å². The van der Waals surface area contributed by atoms with Gasteiger partial charge in [0.25, 0.3) is 0 Å². The van der Waals surface area contributed by atoms with Crippen LogP contribution in [0.4, 0.5) is 4.39 Å². The Kier molecular flexibility index (Phi) is 8.35. The van der Waals surface area contributed by atoms with Crippen molar-refractivity contribution in [2.24, 2.45) is 13.0 Å². The van der Waals surface area contributed by atoms with E-state index in [1.807, 2.05) is 11.6 Å². The minimum absolute atomic E-state index is 0. The van der Waals surface area contributed by atoms with Gasteiger partial charge in [0.05, 0.1) is 6.54 Å². The summed E-state index contributed by atoms with van der Waals surface area (Å²) in [7, 11) is 1.85. The molecule has 3 rings (SSSR count). The van der Waals surface area contributed by atoms with Crippen LogP contribution in [-0.4, -0.2) is 28.5 Å². The van der Waals surface area contributed by atoms with Gasteiger partial charge in [-0.15, -0.1) is 24.8 Å². The molecule has 1 aliphatic rings. The number of imidazole rings is 1. The topological polar surface area (TPSA) is 59.0 Å². The molecule has 0 spiro atoms. The molecule has 1 atom stereocenters. The first kappa shape index (κ1) is 21.4. The number of nitrogens with zero attached hydrogens (tertiary/aromatic N) is 2. The second-order valence-electron chi connectivity index (χ2n) is 6.03. The Labute approximate surface area is 159 Å². The first-order chi connectivity index (χ1) is 11.1. The van der Waals surface area contributed by atoms with Gasteiger partial charge in [0.15, 0.2) is 0 Å². The van der Waals surface area contributed by atoms with Crippen LogP contribution in [0.5, 0.6) is 0 Å². The Hall–Kier alpha value is -1.63. The number of hydrogen-bond acceptors (Lipinski definition) is 3. The number of rotatable bonds is 7. The van der Waals surface area contributed by atoms with Gasteiger partial charge in [-0.3, -0.25) is 4.79 Å². The summed E-state index contributed by atoms with van der Waals surface area (Å²) in [6.45, 7) is 1.13. The van der Waals surface area contributed by atoms with Gasteiger partial charge in [0.1, 0.15) is 17.7 Å². The monoisotopic (exact) mass is 388 g/mol. The van der Waals surface area contributed by atoms with Crippen molar-refractivity contribution in [1.29, 1.82) is 0 Å². The van der Waals surface area contributed by atoms with Gasteiger partial charge < -0.3 is 15.2 Å². The van der Waals surface area contributed by atoms with Crippen molar-refractivity contribution < 1.29 is 9.18 Å².